The maximum Gasteiger partial charge on any atom is 0.246 e. The number of fused-ring (bicyclic) bond motifs is 2. The molecular weight excluding hydrogens is 386 g/mol. The smallest absolute Gasteiger partial charge is 0.246 e. The van der Waals surface area contributed by atoms with Crippen LogP contribution in [0.3, 0.4) is 0 Å². The van der Waals surface area contributed by atoms with Gasteiger partial charge in [0.25, 0.3) is 0 Å². The van der Waals surface area contributed by atoms with Gasteiger partial charge in [-0.25, -0.2) is 4.98 Å². The number of aromatic nitrogens is 2. The van der Waals surface area contributed by atoms with Crippen LogP contribution >= 0.6 is 11.6 Å². The molecule has 6 heteroatoms. The van der Waals surface area contributed by atoms with Crippen LogP contribution in [-0.2, 0) is 11.3 Å². The van der Waals surface area contributed by atoms with Crippen molar-refractivity contribution in [3.05, 3.63) is 83.3 Å². The van der Waals surface area contributed by atoms with Crippen molar-refractivity contribution in [2.24, 2.45) is 0 Å². The van der Waals surface area contributed by atoms with Gasteiger partial charge >= 0.3 is 0 Å². The van der Waals surface area contributed by atoms with Crippen molar-refractivity contribution in [2.75, 3.05) is 14.2 Å². The Morgan fingerprint density at radius 1 is 1.17 bits per heavy atom. The molecule has 5 nitrogen and oxygen atoms in total. The van der Waals surface area contributed by atoms with Gasteiger partial charge in [-0.2, -0.15) is 0 Å². The van der Waals surface area contributed by atoms with E-state index in [1.54, 1.807) is 25.1 Å². The Labute approximate surface area is 173 Å². The molecule has 0 aliphatic carbocycles. The standard InChI is InChI=1S/C23H20ClN3O2/c1-26(15-16-6-7-18-14-19(29-2)9-8-17(18)13-16)22(28)11-10-20-23(24)25-21-5-3-4-12-27(20)21/h3-14H,15H2,1-2H3/b11-10+. The molecule has 0 aliphatic heterocycles. The summed E-state index contributed by atoms with van der Waals surface area (Å²) in [5.41, 5.74) is 2.48. The minimum absolute atomic E-state index is 0.109. The second-order valence-corrected chi connectivity index (χ2v) is 7.15. The van der Waals surface area contributed by atoms with Crippen LogP contribution in [-0.4, -0.2) is 34.3 Å². The summed E-state index contributed by atoms with van der Waals surface area (Å²) in [5.74, 6) is 0.718. The lowest BCUT2D eigenvalue weighted by Crippen LogP contribution is -2.24. The zero-order valence-corrected chi connectivity index (χ0v) is 16.9. The predicted molar refractivity (Wildman–Crippen MR) is 116 cm³/mol. The average molecular weight is 406 g/mol. The van der Waals surface area contributed by atoms with Crippen LogP contribution in [0.5, 0.6) is 5.75 Å². The van der Waals surface area contributed by atoms with Crippen LogP contribution in [0.4, 0.5) is 0 Å². The summed E-state index contributed by atoms with van der Waals surface area (Å²) < 4.78 is 7.12. The van der Waals surface area contributed by atoms with Crippen LogP contribution in [0.25, 0.3) is 22.5 Å². The Morgan fingerprint density at radius 2 is 1.97 bits per heavy atom. The number of pyridine rings is 1. The molecular formula is C23H20ClN3O2. The maximum atomic E-state index is 12.6. The van der Waals surface area contributed by atoms with Gasteiger partial charge in [-0.05, 0) is 52.7 Å². The molecule has 0 bridgehead atoms. The molecule has 1 amide bonds. The highest BCUT2D eigenvalue weighted by atomic mass is 35.5. The molecule has 0 atom stereocenters. The third-order valence-electron chi connectivity index (χ3n) is 4.81. The summed E-state index contributed by atoms with van der Waals surface area (Å²) in [5, 5.41) is 2.58. The van der Waals surface area contributed by atoms with Crippen LogP contribution in [0, 0.1) is 0 Å². The predicted octanol–water partition coefficient (Wildman–Crippen LogP) is 4.82. The Morgan fingerprint density at radius 3 is 2.79 bits per heavy atom. The van der Waals surface area contributed by atoms with E-state index in [4.69, 9.17) is 16.3 Å². The Balaban J connectivity index is 1.50. The summed E-state index contributed by atoms with van der Waals surface area (Å²) in [6.07, 6.45) is 5.09. The van der Waals surface area contributed by atoms with Gasteiger partial charge in [0.2, 0.25) is 5.91 Å². The van der Waals surface area contributed by atoms with E-state index in [0.29, 0.717) is 17.4 Å². The second-order valence-electron chi connectivity index (χ2n) is 6.79. The van der Waals surface area contributed by atoms with E-state index in [1.807, 2.05) is 59.1 Å². The molecule has 0 unspecified atom stereocenters. The van der Waals surface area contributed by atoms with Gasteiger partial charge in [-0.15, -0.1) is 0 Å². The fourth-order valence-corrected chi connectivity index (χ4v) is 3.50. The molecule has 0 N–H and O–H groups in total. The molecule has 4 rings (SSSR count). The summed E-state index contributed by atoms with van der Waals surface area (Å²) in [7, 11) is 3.44. The van der Waals surface area contributed by atoms with Gasteiger partial charge < -0.3 is 9.64 Å². The molecule has 4 aromatic rings. The van der Waals surface area contributed by atoms with E-state index in [0.717, 1.165) is 27.7 Å². The number of nitrogens with zero attached hydrogens (tertiary/aromatic N) is 3. The zero-order valence-electron chi connectivity index (χ0n) is 16.2. The minimum atomic E-state index is -0.109. The van der Waals surface area contributed by atoms with Crippen molar-refractivity contribution in [3.8, 4) is 5.75 Å². The van der Waals surface area contributed by atoms with Crippen molar-refractivity contribution in [2.45, 2.75) is 6.54 Å². The molecule has 29 heavy (non-hydrogen) atoms. The molecule has 0 spiro atoms. The average Bonchev–Trinajstić information content (AvgIpc) is 3.06. The number of imidazole rings is 1. The van der Waals surface area contributed by atoms with Crippen LogP contribution < -0.4 is 4.74 Å². The Bertz CT molecular complexity index is 1230. The summed E-state index contributed by atoms with van der Waals surface area (Å²) >= 11 is 6.22. The number of methoxy groups -OCH3 is 1. The third kappa shape index (κ3) is 3.96. The van der Waals surface area contributed by atoms with Gasteiger partial charge in [0.15, 0.2) is 5.15 Å². The van der Waals surface area contributed by atoms with E-state index < -0.39 is 0 Å². The molecule has 0 aliphatic rings. The quantitative estimate of drug-likeness (QED) is 0.447. The van der Waals surface area contributed by atoms with Crippen LogP contribution in [0.15, 0.2) is 66.9 Å². The third-order valence-corrected chi connectivity index (χ3v) is 5.09. The van der Waals surface area contributed by atoms with E-state index in [-0.39, 0.29) is 5.91 Å². The highest BCUT2D eigenvalue weighted by molar-refractivity contribution is 6.31. The lowest BCUT2D eigenvalue weighted by atomic mass is 10.1. The largest absolute Gasteiger partial charge is 0.497 e. The van der Waals surface area contributed by atoms with Crippen molar-refractivity contribution >= 4 is 40.0 Å². The van der Waals surface area contributed by atoms with Crippen molar-refractivity contribution in [1.29, 1.82) is 0 Å². The number of likely N-dealkylation sites (N-methyl/N-ethyl adjacent to an activating group) is 1. The first kappa shape index (κ1) is 19.0. The summed E-state index contributed by atoms with van der Waals surface area (Å²) in [6.45, 7) is 0.506. The highest BCUT2D eigenvalue weighted by Crippen LogP contribution is 2.23. The number of hydrogen-bond donors (Lipinski definition) is 0. The lowest BCUT2D eigenvalue weighted by Gasteiger charge is -2.15. The van der Waals surface area contributed by atoms with Crippen molar-refractivity contribution in [1.82, 2.24) is 14.3 Å². The fourth-order valence-electron chi connectivity index (χ4n) is 3.26. The number of hydrogen-bond acceptors (Lipinski definition) is 3. The lowest BCUT2D eigenvalue weighted by molar-refractivity contribution is -0.125. The van der Waals surface area contributed by atoms with E-state index in [9.17, 15) is 4.79 Å². The van der Waals surface area contributed by atoms with Crippen molar-refractivity contribution in [3.63, 3.8) is 0 Å². The number of rotatable bonds is 5. The number of carbonyl (C=O) groups excluding carboxylic acids is 1. The molecule has 0 saturated heterocycles. The molecule has 0 fully saturated rings. The fraction of sp³-hybridized carbons (Fsp3) is 0.130. The molecule has 146 valence electrons. The van der Waals surface area contributed by atoms with Crippen LogP contribution in [0.2, 0.25) is 5.15 Å². The van der Waals surface area contributed by atoms with Gasteiger partial charge in [0.1, 0.15) is 11.4 Å². The minimum Gasteiger partial charge on any atom is -0.497 e. The molecule has 0 saturated carbocycles. The molecule has 0 radical (unpaired) electrons. The SMILES string of the molecule is COc1ccc2cc(CN(C)C(=O)/C=C/c3c(Cl)nc4ccccn34)ccc2c1. The number of amides is 1. The van der Waals surface area contributed by atoms with E-state index in [1.165, 1.54) is 6.08 Å². The van der Waals surface area contributed by atoms with Gasteiger partial charge in [-0.3, -0.25) is 9.20 Å². The number of halogens is 1. The second kappa shape index (κ2) is 7.97. The number of benzene rings is 2. The first-order valence-corrected chi connectivity index (χ1v) is 9.55. The normalized spacial score (nSPS) is 11.4. The van der Waals surface area contributed by atoms with Crippen LogP contribution in [0.1, 0.15) is 11.3 Å². The number of ether oxygens (including phenoxy) is 1. The molecule has 2 heterocycles. The van der Waals surface area contributed by atoms with Crippen molar-refractivity contribution < 1.29 is 9.53 Å². The zero-order chi connectivity index (χ0) is 20.4. The van der Waals surface area contributed by atoms with E-state index in [2.05, 4.69) is 11.1 Å². The Kier molecular flexibility index (Phi) is 5.23. The van der Waals surface area contributed by atoms with E-state index >= 15 is 0 Å². The topological polar surface area (TPSA) is 46.8 Å². The first-order valence-electron chi connectivity index (χ1n) is 9.17. The van der Waals surface area contributed by atoms with Gasteiger partial charge in [-0.1, -0.05) is 35.9 Å². The summed E-state index contributed by atoms with van der Waals surface area (Å²) in [6, 6.07) is 17.8. The monoisotopic (exact) mass is 405 g/mol. The Hall–Kier alpha value is -3.31. The van der Waals surface area contributed by atoms with Gasteiger partial charge in [0.05, 0.1) is 12.8 Å². The first-order chi connectivity index (χ1) is 14.0. The maximum absolute atomic E-state index is 12.6. The van der Waals surface area contributed by atoms with Gasteiger partial charge in [0, 0.05) is 25.9 Å². The number of carbonyl (C=O) groups is 1. The highest BCUT2D eigenvalue weighted by Gasteiger charge is 2.10. The summed E-state index contributed by atoms with van der Waals surface area (Å²) in [4.78, 5) is 18.5. The molecule has 2 aromatic heterocycles. The molecule has 2 aromatic carbocycles.